The number of halogens is 2. The van der Waals surface area contributed by atoms with Crippen molar-refractivity contribution in [3.8, 4) is 0 Å². The summed E-state index contributed by atoms with van der Waals surface area (Å²) >= 11 is 6.04. The molecule has 1 aromatic heterocycles. The van der Waals surface area contributed by atoms with E-state index in [1.165, 1.54) is 6.21 Å². The summed E-state index contributed by atoms with van der Waals surface area (Å²) in [5.41, 5.74) is 3.42. The minimum absolute atomic E-state index is 0.164. The number of likely N-dealkylation sites (tertiary alicyclic amines) is 1. The fraction of sp³-hybridized carbons (Fsp3) is 0.476. The average molecular weight is 418 g/mol. The summed E-state index contributed by atoms with van der Waals surface area (Å²) in [6, 6.07) is 5.89. The summed E-state index contributed by atoms with van der Waals surface area (Å²) < 4.78 is 20.4. The minimum Gasteiger partial charge on any atom is -0.378 e. The van der Waals surface area contributed by atoms with Crippen molar-refractivity contribution in [1.29, 1.82) is 5.41 Å². The lowest BCUT2D eigenvalue weighted by Crippen LogP contribution is -2.54. The maximum absolute atomic E-state index is 15.1. The molecule has 29 heavy (non-hydrogen) atoms. The van der Waals surface area contributed by atoms with Crippen LogP contribution in [-0.2, 0) is 4.74 Å². The summed E-state index contributed by atoms with van der Waals surface area (Å²) in [7, 11) is 0. The fourth-order valence-corrected chi connectivity index (χ4v) is 4.38. The molecule has 2 N–H and O–H groups in total. The maximum atomic E-state index is 15.1. The molecule has 2 aliphatic heterocycles. The van der Waals surface area contributed by atoms with Crippen molar-refractivity contribution in [2.24, 2.45) is 0 Å². The van der Waals surface area contributed by atoms with Gasteiger partial charge < -0.3 is 15.5 Å². The summed E-state index contributed by atoms with van der Waals surface area (Å²) in [6.45, 7) is 6.47. The van der Waals surface area contributed by atoms with Gasteiger partial charge in [0.25, 0.3) is 0 Å². The number of hydrogen-bond donors (Lipinski definition) is 2. The lowest BCUT2D eigenvalue weighted by Gasteiger charge is -2.43. The second kappa shape index (κ2) is 8.34. The molecule has 2 saturated heterocycles. The highest BCUT2D eigenvalue weighted by atomic mass is 35.5. The van der Waals surface area contributed by atoms with Crippen LogP contribution in [0, 0.1) is 19.3 Å². The van der Waals surface area contributed by atoms with E-state index in [2.05, 4.69) is 20.2 Å². The fourth-order valence-electron chi connectivity index (χ4n) is 4.15. The van der Waals surface area contributed by atoms with Crippen LogP contribution in [0.25, 0.3) is 0 Å². The maximum Gasteiger partial charge on any atom is 0.135 e. The molecule has 0 aliphatic carbocycles. The molecule has 0 spiro atoms. The van der Waals surface area contributed by atoms with Gasteiger partial charge in [0.2, 0.25) is 0 Å². The number of ether oxygens (including phenoxy) is 1. The van der Waals surface area contributed by atoms with Gasteiger partial charge in [-0.2, -0.15) is 0 Å². The van der Waals surface area contributed by atoms with Crippen molar-refractivity contribution >= 4 is 29.3 Å². The second-order valence-corrected chi connectivity index (χ2v) is 8.17. The van der Waals surface area contributed by atoms with Gasteiger partial charge in [0.15, 0.2) is 0 Å². The molecule has 2 atom stereocenters. The van der Waals surface area contributed by atoms with E-state index >= 15 is 4.39 Å². The molecule has 2 aliphatic rings. The molecule has 2 aromatic rings. The van der Waals surface area contributed by atoms with Gasteiger partial charge in [0.1, 0.15) is 23.0 Å². The number of benzene rings is 1. The quantitative estimate of drug-likeness (QED) is 0.568. The normalized spacial score (nSPS) is 22.9. The summed E-state index contributed by atoms with van der Waals surface area (Å²) in [6.07, 6.45) is 1.12. The molecule has 6 nitrogen and oxygen atoms in total. The standard InChI is InChI=1S/C21H25ClFN5O/c1-12-5-14(8-24)19(27-21-7-20(22)25-13(2)26-21)6-17(12)16-3-4-28(9-18(16)23)15-10-29-11-15/h5-8,15-16,18,24H,3-4,9-11H2,1-2H3,(H,25,26,27). The third kappa shape index (κ3) is 4.27. The first-order valence-electron chi connectivity index (χ1n) is 9.83. The van der Waals surface area contributed by atoms with Crippen LogP contribution < -0.4 is 5.32 Å². The van der Waals surface area contributed by atoms with Gasteiger partial charge in [-0.3, -0.25) is 4.90 Å². The van der Waals surface area contributed by atoms with E-state index in [1.54, 1.807) is 13.0 Å². The van der Waals surface area contributed by atoms with Gasteiger partial charge in [-0.25, -0.2) is 14.4 Å². The van der Waals surface area contributed by atoms with Crippen molar-refractivity contribution in [3.05, 3.63) is 45.9 Å². The molecule has 1 aromatic carbocycles. The Morgan fingerprint density at radius 3 is 2.69 bits per heavy atom. The van der Waals surface area contributed by atoms with E-state index in [1.807, 2.05) is 19.1 Å². The molecular formula is C21H25ClFN5O. The number of anilines is 2. The van der Waals surface area contributed by atoms with Crippen LogP contribution in [0.5, 0.6) is 0 Å². The summed E-state index contributed by atoms with van der Waals surface area (Å²) in [4.78, 5) is 10.6. The summed E-state index contributed by atoms with van der Waals surface area (Å²) in [5.74, 6) is 0.945. The number of piperidine rings is 1. The molecule has 4 rings (SSSR count). The lowest BCUT2D eigenvalue weighted by molar-refractivity contribution is -0.0807. The van der Waals surface area contributed by atoms with Crippen molar-refractivity contribution in [2.45, 2.75) is 38.4 Å². The predicted octanol–water partition coefficient (Wildman–Crippen LogP) is 4.01. The van der Waals surface area contributed by atoms with Gasteiger partial charge in [0, 0.05) is 36.0 Å². The highest BCUT2D eigenvalue weighted by Gasteiger charge is 2.36. The zero-order valence-corrected chi connectivity index (χ0v) is 17.3. The minimum atomic E-state index is -0.933. The predicted molar refractivity (Wildman–Crippen MR) is 113 cm³/mol. The Morgan fingerprint density at radius 2 is 2.07 bits per heavy atom. The smallest absolute Gasteiger partial charge is 0.135 e. The topological polar surface area (TPSA) is 74.1 Å². The number of nitrogens with one attached hydrogen (secondary N) is 2. The molecule has 2 fully saturated rings. The van der Waals surface area contributed by atoms with Crippen LogP contribution in [0.2, 0.25) is 5.15 Å². The van der Waals surface area contributed by atoms with Gasteiger partial charge >= 0.3 is 0 Å². The van der Waals surface area contributed by atoms with E-state index in [0.717, 1.165) is 35.3 Å². The Balaban J connectivity index is 1.60. The summed E-state index contributed by atoms with van der Waals surface area (Å²) in [5, 5.41) is 11.4. The van der Waals surface area contributed by atoms with Gasteiger partial charge in [0.05, 0.1) is 19.3 Å². The van der Waals surface area contributed by atoms with Crippen LogP contribution >= 0.6 is 11.6 Å². The molecule has 0 radical (unpaired) electrons. The van der Waals surface area contributed by atoms with Crippen LogP contribution in [0.1, 0.15) is 34.9 Å². The Kier molecular flexibility index (Phi) is 5.81. The van der Waals surface area contributed by atoms with E-state index in [4.69, 9.17) is 21.7 Å². The first-order valence-corrected chi connectivity index (χ1v) is 10.2. The monoisotopic (exact) mass is 417 g/mol. The van der Waals surface area contributed by atoms with Crippen LogP contribution in [0.3, 0.4) is 0 Å². The second-order valence-electron chi connectivity index (χ2n) is 7.79. The van der Waals surface area contributed by atoms with E-state index < -0.39 is 6.17 Å². The number of alkyl halides is 1. The number of aromatic nitrogens is 2. The first kappa shape index (κ1) is 20.2. The van der Waals surface area contributed by atoms with Crippen molar-refractivity contribution in [2.75, 3.05) is 31.6 Å². The van der Waals surface area contributed by atoms with Gasteiger partial charge in [-0.15, -0.1) is 0 Å². The average Bonchev–Trinajstić information content (AvgIpc) is 2.61. The highest BCUT2D eigenvalue weighted by molar-refractivity contribution is 6.29. The lowest BCUT2D eigenvalue weighted by atomic mass is 9.84. The van der Waals surface area contributed by atoms with Crippen molar-refractivity contribution in [3.63, 3.8) is 0 Å². The molecule has 2 unspecified atom stereocenters. The van der Waals surface area contributed by atoms with Gasteiger partial charge in [-0.1, -0.05) is 11.6 Å². The SMILES string of the molecule is Cc1nc(Cl)cc(Nc2cc(C3CCN(C4COC4)CC3F)c(C)cc2C=N)n1. The zero-order valence-electron chi connectivity index (χ0n) is 16.6. The molecule has 0 bridgehead atoms. The number of aryl methyl sites for hydroxylation is 2. The van der Waals surface area contributed by atoms with Crippen LogP contribution in [0.15, 0.2) is 18.2 Å². The molecular weight excluding hydrogens is 393 g/mol. The third-order valence-corrected chi connectivity index (χ3v) is 5.97. The third-order valence-electron chi connectivity index (χ3n) is 5.77. The number of rotatable bonds is 5. The molecule has 3 heterocycles. The molecule has 154 valence electrons. The van der Waals surface area contributed by atoms with E-state index in [-0.39, 0.29) is 5.92 Å². The molecule has 0 saturated carbocycles. The zero-order chi connectivity index (χ0) is 20.5. The number of nitrogens with zero attached hydrogens (tertiary/aromatic N) is 3. The van der Waals surface area contributed by atoms with Crippen molar-refractivity contribution in [1.82, 2.24) is 14.9 Å². The molecule has 8 heteroatoms. The van der Waals surface area contributed by atoms with Gasteiger partial charge in [-0.05, 0) is 50.1 Å². The van der Waals surface area contributed by atoms with E-state index in [9.17, 15) is 0 Å². The Labute approximate surface area is 175 Å². The van der Waals surface area contributed by atoms with Crippen LogP contribution in [0.4, 0.5) is 15.9 Å². The first-order chi connectivity index (χ1) is 13.9. The number of hydrogen-bond acceptors (Lipinski definition) is 6. The Hall–Kier alpha value is -2.09. The van der Waals surface area contributed by atoms with Crippen molar-refractivity contribution < 1.29 is 9.13 Å². The Morgan fingerprint density at radius 1 is 1.28 bits per heavy atom. The largest absolute Gasteiger partial charge is 0.378 e. The van der Waals surface area contributed by atoms with Crippen LogP contribution in [-0.4, -0.2) is 59.6 Å². The van der Waals surface area contributed by atoms with E-state index in [0.29, 0.717) is 42.6 Å². The molecule has 0 amide bonds. The highest BCUT2D eigenvalue weighted by Crippen LogP contribution is 2.36. The Bertz CT molecular complexity index is 900.